The van der Waals surface area contributed by atoms with Crippen molar-refractivity contribution in [2.24, 2.45) is 0 Å². The molecule has 5 atom stereocenters. The van der Waals surface area contributed by atoms with Gasteiger partial charge < -0.3 is 39.1 Å². The second kappa shape index (κ2) is 22.3. The fourth-order valence-corrected chi connectivity index (χ4v) is 9.55. The fourth-order valence-electron chi connectivity index (χ4n) is 4.52. The van der Waals surface area contributed by atoms with Crippen molar-refractivity contribution in [2.45, 2.75) is 95.8 Å². The number of carbonyl (C=O) groups excluding carboxylic acids is 1. The Hall–Kier alpha value is -1.30. The molecule has 1 fully saturated rings. The van der Waals surface area contributed by atoms with Gasteiger partial charge in [0.1, 0.15) is 18.6 Å². The Balaban J connectivity index is 1.92. The lowest BCUT2D eigenvalue weighted by Crippen LogP contribution is -2.29. The summed E-state index contributed by atoms with van der Waals surface area (Å²) in [6.07, 6.45) is 2.39. The molecule has 2 rings (SSSR count). The second-order valence-electron chi connectivity index (χ2n) is 12.4. The van der Waals surface area contributed by atoms with Crippen LogP contribution in [0.2, 0.25) is 0 Å². The number of benzene rings is 1. The predicted octanol–water partition coefficient (Wildman–Crippen LogP) is 4.73. The minimum atomic E-state index is -5.68. The molecule has 1 amide bonds. The normalized spacial score (nSPS) is 20.0. The van der Waals surface area contributed by atoms with Crippen LogP contribution in [-0.2, 0) is 58.9 Å². The summed E-state index contributed by atoms with van der Waals surface area (Å²) in [5.74, 6) is 5.89. The smallest absolute Gasteiger partial charge is 0.377 e. The van der Waals surface area contributed by atoms with E-state index in [9.17, 15) is 38.4 Å². The number of unbranched alkanes of at least 4 members (excludes halogenated alkanes) is 2. The van der Waals surface area contributed by atoms with E-state index in [1.54, 1.807) is 22.9 Å². The van der Waals surface area contributed by atoms with Crippen LogP contribution in [-0.4, -0.2) is 86.3 Å². The first-order chi connectivity index (χ1) is 24.2. The molecule has 5 N–H and O–H groups in total. The van der Waals surface area contributed by atoms with Crippen LogP contribution in [0.25, 0.3) is 0 Å². The molecule has 1 saturated heterocycles. The maximum absolute atomic E-state index is 12.2. The molecule has 0 aromatic heterocycles. The number of rotatable bonds is 23. The quantitative estimate of drug-likeness (QED) is 0.0146. The van der Waals surface area contributed by atoms with E-state index in [4.69, 9.17) is 28.5 Å². The number of nitrogens with one attached hydrogen (secondary N) is 1. The third-order valence-electron chi connectivity index (χ3n) is 6.71. The zero-order valence-electron chi connectivity index (χ0n) is 29.2. The van der Waals surface area contributed by atoms with E-state index in [1.165, 1.54) is 16.9 Å². The Kier molecular flexibility index (Phi) is 20.1. The van der Waals surface area contributed by atoms with E-state index in [-0.39, 0.29) is 42.8 Å². The van der Waals surface area contributed by atoms with Crippen molar-refractivity contribution >= 4 is 63.9 Å². The molecular weight excluding hydrogens is 788 g/mol. The molecule has 294 valence electrons. The van der Waals surface area contributed by atoms with Gasteiger partial charge in [-0.2, -0.15) is 14.4 Å². The summed E-state index contributed by atoms with van der Waals surface area (Å²) < 4.78 is 64.3. The van der Waals surface area contributed by atoms with Gasteiger partial charge in [0.05, 0.1) is 29.8 Å². The number of nitro benzene ring substituents is 1. The highest BCUT2D eigenvalue weighted by Crippen LogP contribution is 2.66. The number of phosphoric ester groups is 1. The molecule has 0 radical (unpaired) electrons. The molecule has 1 heterocycles. The van der Waals surface area contributed by atoms with Crippen LogP contribution in [0.3, 0.4) is 0 Å². The van der Waals surface area contributed by atoms with Crippen LogP contribution < -0.4 is 5.32 Å². The number of carbonyl (C=O) groups is 1. The maximum atomic E-state index is 12.2. The van der Waals surface area contributed by atoms with Gasteiger partial charge >= 0.3 is 23.5 Å². The molecular formula is C28H46BN2O16P3S2. The van der Waals surface area contributed by atoms with Gasteiger partial charge in [0.25, 0.3) is 5.69 Å². The van der Waals surface area contributed by atoms with Gasteiger partial charge in [-0.15, -0.1) is 0 Å². The van der Waals surface area contributed by atoms with Crippen LogP contribution in [0.15, 0.2) is 18.2 Å². The summed E-state index contributed by atoms with van der Waals surface area (Å²) >= 11 is 0. The van der Waals surface area contributed by atoms with E-state index in [2.05, 4.69) is 32.6 Å². The number of amides is 1. The minimum absolute atomic E-state index is 0.0441. The summed E-state index contributed by atoms with van der Waals surface area (Å²) in [5, 5.41) is 14.5. The lowest BCUT2D eigenvalue weighted by Gasteiger charge is -2.22. The summed E-state index contributed by atoms with van der Waals surface area (Å²) in [7, 11) is -13.4. The number of nitro groups is 1. The lowest BCUT2D eigenvalue weighted by molar-refractivity contribution is -0.386. The molecule has 1 aliphatic rings. The number of hydrogen-bond acceptors (Lipinski definition) is 14. The van der Waals surface area contributed by atoms with Gasteiger partial charge in [-0.05, 0) is 30.9 Å². The molecule has 3 unspecified atom stereocenters. The van der Waals surface area contributed by atoms with Gasteiger partial charge in [0.15, 0.2) is 0 Å². The van der Waals surface area contributed by atoms with Gasteiger partial charge in [0, 0.05) is 29.8 Å². The van der Waals surface area contributed by atoms with Gasteiger partial charge in [-0.3, -0.25) is 19.4 Å². The maximum Gasteiger partial charge on any atom is 0.490 e. The van der Waals surface area contributed by atoms with E-state index < -0.39 is 53.2 Å². The third-order valence-corrected chi connectivity index (χ3v) is 13.5. The number of nitrogens with zero attached hydrogens (tertiary/aromatic N) is 1. The van der Waals surface area contributed by atoms with Crippen molar-refractivity contribution in [2.75, 3.05) is 25.7 Å². The minimum Gasteiger partial charge on any atom is -0.377 e. The van der Waals surface area contributed by atoms with Crippen molar-refractivity contribution in [3.63, 3.8) is 0 Å². The van der Waals surface area contributed by atoms with Crippen LogP contribution in [0.1, 0.15) is 70.9 Å². The highest BCUT2D eigenvalue weighted by atomic mass is 33.1. The Morgan fingerprint density at radius 1 is 1.15 bits per heavy atom. The van der Waals surface area contributed by atoms with E-state index in [0.29, 0.717) is 36.9 Å². The number of ether oxygens (including phenoxy) is 3. The molecule has 0 bridgehead atoms. The molecule has 0 aliphatic carbocycles. The molecule has 24 heteroatoms. The van der Waals surface area contributed by atoms with Crippen molar-refractivity contribution in [3.8, 4) is 11.7 Å². The van der Waals surface area contributed by atoms with Crippen molar-refractivity contribution in [3.05, 3.63) is 39.4 Å². The van der Waals surface area contributed by atoms with E-state index in [0.717, 1.165) is 19.3 Å². The summed E-state index contributed by atoms with van der Waals surface area (Å²) in [5.41, 5.74) is 0.959. The Morgan fingerprint density at radius 3 is 2.54 bits per heavy atom. The SMILES string of the molecule is CCCCCC(=O)NCCc1ccc(COCC#CB[C@H]2C[C@@H](OCSSC(C)(C)C)C(COP(=O)(O)OP(=O)(O)OP(=O)(O)O)O2)c([N+](=O)[O-])c1. The molecule has 18 nitrogen and oxygen atoms in total. The topological polar surface area (TPSA) is 260 Å². The zero-order valence-corrected chi connectivity index (χ0v) is 33.6. The molecule has 1 aromatic carbocycles. The molecule has 0 saturated carbocycles. The van der Waals surface area contributed by atoms with Crippen molar-refractivity contribution in [1.82, 2.24) is 5.32 Å². The highest BCUT2D eigenvalue weighted by Gasteiger charge is 2.43. The van der Waals surface area contributed by atoms with Gasteiger partial charge in [-0.25, -0.2) is 13.7 Å². The van der Waals surface area contributed by atoms with Gasteiger partial charge in [-0.1, -0.05) is 74.1 Å². The third kappa shape index (κ3) is 20.4. The molecule has 52 heavy (non-hydrogen) atoms. The fraction of sp³-hybridized carbons (Fsp3) is 0.679. The first kappa shape index (κ1) is 46.9. The standard InChI is InChI=1S/C28H46BN2O16P3S2/c1-5-6-7-9-27(32)30-14-12-21-10-11-22(23(16-21)31(33)34)18-42-15-8-13-29-26-17-24(43-20-51-52-28(2,3)4)25(45-26)19-44-49(38,39)47-50(40,41)46-48(35,36)37/h10-11,16,24-26,29H,5-7,9,12,14-15,17-20H2,1-4H3,(H,30,32)(H,38,39)(H,40,41)(H2,35,36,37)/t24-,25?,26-/m1/s1. The average Bonchev–Trinajstić information content (AvgIpc) is 3.40. The summed E-state index contributed by atoms with van der Waals surface area (Å²) in [4.78, 5) is 59.8. The molecule has 1 aliphatic heterocycles. The summed E-state index contributed by atoms with van der Waals surface area (Å²) in [6.45, 7) is 7.71. The van der Waals surface area contributed by atoms with Crippen molar-refractivity contribution < 1.29 is 70.3 Å². The zero-order chi connectivity index (χ0) is 39.0. The van der Waals surface area contributed by atoms with Crippen molar-refractivity contribution in [1.29, 1.82) is 0 Å². The monoisotopic (exact) mass is 834 g/mol. The van der Waals surface area contributed by atoms with E-state index >= 15 is 0 Å². The van der Waals surface area contributed by atoms with Gasteiger partial charge in [0.2, 0.25) is 13.2 Å². The average molecular weight is 835 g/mol. The Labute approximate surface area is 311 Å². The number of phosphoric acid groups is 3. The van der Waals surface area contributed by atoms with Crippen LogP contribution in [0.4, 0.5) is 5.69 Å². The van der Waals surface area contributed by atoms with Crippen LogP contribution in [0, 0.1) is 21.9 Å². The molecule has 0 spiro atoms. The Bertz CT molecular complexity index is 1540. The molecule has 1 aromatic rings. The second-order valence-corrected chi connectivity index (χ2v) is 19.9. The van der Waals surface area contributed by atoms with E-state index in [1.807, 2.05) is 20.8 Å². The predicted molar refractivity (Wildman–Crippen MR) is 196 cm³/mol. The first-order valence-corrected chi connectivity index (χ1v) is 22.9. The first-order valence-electron chi connectivity index (χ1n) is 16.1. The lowest BCUT2D eigenvalue weighted by atomic mass is 9.71. The highest BCUT2D eigenvalue weighted by molar-refractivity contribution is 8.77. The Morgan fingerprint density at radius 2 is 1.88 bits per heavy atom. The summed E-state index contributed by atoms with van der Waals surface area (Å²) in [6, 6.07) is 4.29. The largest absolute Gasteiger partial charge is 0.490 e. The van der Waals surface area contributed by atoms with Crippen LogP contribution in [0.5, 0.6) is 0 Å². The van der Waals surface area contributed by atoms with Crippen LogP contribution >= 0.6 is 45.1 Å². The number of hydrogen-bond donors (Lipinski definition) is 5.